The van der Waals surface area contributed by atoms with Crippen LogP contribution in [0.4, 0.5) is 4.39 Å². The first-order chi connectivity index (χ1) is 12.5. The van der Waals surface area contributed by atoms with E-state index in [9.17, 15) is 9.18 Å². The van der Waals surface area contributed by atoms with Crippen molar-refractivity contribution in [2.24, 2.45) is 0 Å². The van der Waals surface area contributed by atoms with Gasteiger partial charge in [-0.2, -0.15) is 4.80 Å². The fourth-order valence-electron chi connectivity index (χ4n) is 2.58. The number of aromatic nitrogens is 4. The minimum atomic E-state index is -0.313. The average Bonchev–Trinajstić information content (AvgIpc) is 3.08. The standard InChI is InChI=1S/C19H20FN5O/c1-3-24(12-15-5-4-6-17(20)11-15)18(26)13-25-22-19(21-23-25)16-9-7-14(2)8-10-16/h4-11H,3,12-13H2,1-2H3. The van der Waals surface area contributed by atoms with Gasteiger partial charge in [0.15, 0.2) is 0 Å². The Hall–Kier alpha value is -3.09. The zero-order chi connectivity index (χ0) is 18.5. The summed E-state index contributed by atoms with van der Waals surface area (Å²) in [6, 6.07) is 14.0. The SMILES string of the molecule is CCN(Cc1cccc(F)c1)C(=O)Cn1nnc(-c2ccc(C)cc2)n1. The number of hydrogen-bond donors (Lipinski definition) is 0. The lowest BCUT2D eigenvalue weighted by Gasteiger charge is -2.20. The second-order valence-electron chi connectivity index (χ2n) is 6.05. The number of benzene rings is 2. The van der Waals surface area contributed by atoms with E-state index in [1.165, 1.54) is 16.9 Å². The van der Waals surface area contributed by atoms with Crippen LogP contribution in [0.25, 0.3) is 11.4 Å². The van der Waals surface area contributed by atoms with Crippen molar-refractivity contribution in [2.75, 3.05) is 6.54 Å². The van der Waals surface area contributed by atoms with Crippen LogP contribution < -0.4 is 0 Å². The molecule has 0 N–H and O–H groups in total. The molecular weight excluding hydrogens is 333 g/mol. The van der Waals surface area contributed by atoms with Gasteiger partial charge in [0.25, 0.3) is 0 Å². The van der Waals surface area contributed by atoms with E-state index < -0.39 is 0 Å². The molecule has 0 aliphatic heterocycles. The fraction of sp³-hybridized carbons (Fsp3) is 0.263. The van der Waals surface area contributed by atoms with Gasteiger partial charge in [0.1, 0.15) is 12.4 Å². The van der Waals surface area contributed by atoms with Crippen molar-refractivity contribution in [3.63, 3.8) is 0 Å². The molecular formula is C19H20FN5O. The Bertz CT molecular complexity index is 891. The van der Waals surface area contributed by atoms with Gasteiger partial charge < -0.3 is 4.90 Å². The average molecular weight is 353 g/mol. The largest absolute Gasteiger partial charge is 0.337 e. The summed E-state index contributed by atoms with van der Waals surface area (Å²) < 4.78 is 13.3. The van der Waals surface area contributed by atoms with E-state index in [1.54, 1.807) is 17.0 Å². The van der Waals surface area contributed by atoms with E-state index in [1.807, 2.05) is 38.1 Å². The molecule has 3 aromatic rings. The number of hydrogen-bond acceptors (Lipinski definition) is 4. The predicted octanol–water partition coefficient (Wildman–Crippen LogP) is 2.84. The van der Waals surface area contributed by atoms with Gasteiger partial charge in [-0.15, -0.1) is 10.2 Å². The number of nitrogens with zero attached hydrogens (tertiary/aromatic N) is 5. The summed E-state index contributed by atoms with van der Waals surface area (Å²) in [6.07, 6.45) is 0. The fourth-order valence-corrected chi connectivity index (χ4v) is 2.58. The van der Waals surface area contributed by atoms with Gasteiger partial charge in [-0.05, 0) is 36.8 Å². The topological polar surface area (TPSA) is 63.9 Å². The highest BCUT2D eigenvalue weighted by Gasteiger charge is 2.15. The van der Waals surface area contributed by atoms with Crippen molar-refractivity contribution in [3.05, 3.63) is 65.5 Å². The van der Waals surface area contributed by atoms with Crippen LogP contribution in [0.1, 0.15) is 18.1 Å². The maximum absolute atomic E-state index is 13.3. The number of rotatable bonds is 6. The molecule has 0 aliphatic carbocycles. The third-order valence-electron chi connectivity index (χ3n) is 4.04. The second kappa shape index (κ2) is 7.86. The van der Waals surface area contributed by atoms with Gasteiger partial charge >= 0.3 is 0 Å². The summed E-state index contributed by atoms with van der Waals surface area (Å²) in [5.41, 5.74) is 2.74. The van der Waals surface area contributed by atoms with Crippen molar-refractivity contribution in [3.8, 4) is 11.4 Å². The van der Waals surface area contributed by atoms with Crippen LogP contribution in [0.3, 0.4) is 0 Å². The first-order valence-corrected chi connectivity index (χ1v) is 8.42. The Morgan fingerprint density at radius 1 is 1.19 bits per heavy atom. The summed E-state index contributed by atoms with van der Waals surface area (Å²) >= 11 is 0. The molecule has 6 nitrogen and oxygen atoms in total. The predicted molar refractivity (Wildman–Crippen MR) is 95.5 cm³/mol. The van der Waals surface area contributed by atoms with Crippen LogP contribution in [0, 0.1) is 12.7 Å². The van der Waals surface area contributed by atoms with Gasteiger partial charge in [0.2, 0.25) is 11.7 Å². The number of amides is 1. The van der Waals surface area contributed by atoms with Crippen LogP contribution in [0.15, 0.2) is 48.5 Å². The molecule has 7 heteroatoms. The van der Waals surface area contributed by atoms with Crippen molar-refractivity contribution in [1.29, 1.82) is 0 Å². The zero-order valence-corrected chi connectivity index (χ0v) is 14.8. The summed E-state index contributed by atoms with van der Waals surface area (Å²) in [7, 11) is 0. The van der Waals surface area contributed by atoms with Crippen molar-refractivity contribution in [2.45, 2.75) is 26.9 Å². The molecule has 2 aromatic carbocycles. The Balaban J connectivity index is 1.67. The molecule has 0 aliphatic rings. The van der Waals surface area contributed by atoms with E-state index in [0.29, 0.717) is 18.9 Å². The number of tetrazole rings is 1. The number of carbonyl (C=O) groups is 1. The normalized spacial score (nSPS) is 10.7. The van der Waals surface area contributed by atoms with E-state index in [2.05, 4.69) is 15.4 Å². The van der Waals surface area contributed by atoms with Gasteiger partial charge in [0, 0.05) is 18.7 Å². The molecule has 1 aromatic heterocycles. The smallest absolute Gasteiger partial charge is 0.246 e. The minimum Gasteiger partial charge on any atom is -0.337 e. The molecule has 0 bridgehead atoms. The Morgan fingerprint density at radius 3 is 2.65 bits per heavy atom. The maximum atomic E-state index is 13.3. The lowest BCUT2D eigenvalue weighted by molar-refractivity contribution is -0.132. The second-order valence-corrected chi connectivity index (χ2v) is 6.05. The number of aryl methyl sites for hydroxylation is 1. The molecule has 0 unspecified atom stereocenters. The molecule has 0 atom stereocenters. The lowest BCUT2D eigenvalue weighted by Crippen LogP contribution is -2.33. The van der Waals surface area contributed by atoms with Crippen molar-refractivity contribution >= 4 is 5.91 Å². The number of carbonyl (C=O) groups excluding carboxylic acids is 1. The molecule has 0 spiro atoms. The first kappa shape index (κ1) is 17.7. The monoisotopic (exact) mass is 353 g/mol. The summed E-state index contributed by atoms with van der Waals surface area (Å²) in [6.45, 7) is 4.72. The Morgan fingerprint density at radius 2 is 1.96 bits per heavy atom. The van der Waals surface area contributed by atoms with Crippen molar-refractivity contribution in [1.82, 2.24) is 25.1 Å². The lowest BCUT2D eigenvalue weighted by atomic mass is 10.1. The van der Waals surface area contributed by atoms with Crippen LogP contribution in [-0.4, -0.2) is 37.6 Å². The third-order valence-corrected chi connectivity index (χ3v) is 4.04. The molecule has 1 amide bonds. The number of likely N-dealkylation sites (N-methyl/N-ethyl adjacent to an activating group) is 1. The summed E-state index contributed by atoms with van der Waals surface area (Å²) in [4.78, 5) is 15.4. The van der Waals surface area contributed by atoms with Gasteiger partial charge in [0.05, 0.1) is 0 Å². The van der Waals surface area contributed by atoms with E-state index in [-0.39, 0.29) is 18.3 Å². The van der Waals surface area contributed by atoms with E-state index in [4.69, 9.17) is 0 Å². The summed E-state index contributed by atoms with van der Waals surface area (Å²) in [5.74, 6) is 0.0160. The third kappa shape index (κ3) is 4.30. The van der Waals surface area contributed by atoms with Crippen molar-refractivity contribution < 1.29 is 9.18 Å². The number of halogens is 1. The van der Waals surface area contributed by atoms with Crippen LogP contribution in [0.2, 0.25) is 0 Å². The van der Waals surface area contributed by atoms with E-state index >= 15 is 0 Å². The van der Waals surface area contributed by atoms with Gasteiger partial charge in [-0.25, -0.2) is 4.39 Å². The highest BCUT2D eigenvalue weighted by molar-refractivity contribution is 5.75. The molecule has 0 radical (unpaired) electrons. The highest BCUT2D eigenvalue weighted by Crippen LogP contribution is 2.14. The Kier molecular flexibility index (Phi) is 5.36. The minimum absolute atomic E-state index is 0.0119. The molecule has 1 heterocycles. The zero-order valence-electron chi connectivity index (χ0n) is 14.8. The molecule has 0 saturated carbocycles. The van der Waals surface area contributed by atoms with Crippen LogP contribution >= 0.6 is 0 Å². The van der Waals surface area contributed by atoms with Gasteiger partial charge in [-0.3, -0.25) is 4.79 Å². The van der Waals surface area contributed by atoms with Crippen LogP contribution in [-0.2, 0) is 17.9 Å². The summed E-state index contributed by atoms with van der Waals surface area (Å²) in [5, 5.41) is 12.2. The first-order valence-electron chi connectivity index (χ1n) is 8.42. The highest BCUT2D eigenvalue weighted by atomic mass is 19.1. The van der Waals surface area contributed by atoms with E-state index in [0.717, 1.165) is 16.7 Å². The van der Waals surface area contributed by atoms with Crippen LogP contribution in [0.5, 0.6) is 0 Å². The quantitative estimate of drug-likeness (QED) is 0.684. The Labute approximate surface area is 151 Å². The molecule has 0 saturated heterocycles. The van der Waals surface area contributed by atoms with Gasteiger partial charge in [-0.1, -0.05) is 42.0 Å². The molecule has 0 fully saturated rings. The molecule has 26 heavy (non-hydrogen) atoms. The molecule has 134 valence electrons. The molecule has 3 rings (SSSR count). The maximum Gasteiger partial charge on any atom is 0.246 e.